The summed E-state index contributed by atoms with van der Waals surface area (Å²) in [7, 11) is 6.30. The molecule has 0 bridgehead atoms. The number of rotatable bonds is 21. The Hall–Kier alpha value is -6.82. The number of methoxy groups -OCH3 is 4. The van der Waals surface area contributed by atoms with Crippen molar-refractivity contribution in [2.75, 3.05) is 68.1 Å². The van der Waals surface area contributed by atoms with Gasteiger partial charge in [-0.05, 0) is 67.3 Å². The third-order valence-corrected chi connectivity index (χ3v) is 9.09. The van der Waals surface area contributed by atoms with Crippen LogP contribution in [0.25, 0.3) is 11.0 Å². The number of nitrogens with two attached hydrogens (primary N) is 1. The second-order valence-corrected chi connectivity index (χ2v) is 14.1. The highest BCUT2D eigenvalue weighted by Crippen LogP contribution is 2.32. The predicted octanol–water partition coefficient (Wildman–Crippen LogP) is 6.05. The Morgan fingerprint density at radius 1 is 0.600 bits per heavy atom. The number of fused-ring (bicyclic) bond motifs is 1. The smallest absolute Gasteiger partial charge is 0.411 e. The normalized spacial score (nSPS) is 12.4. The second kappa shape index (κ2) is 21.3. The molecule has 2 heterocycles. The number of hydrogen-bond acceptors (Lipinski definition) is 17. The van der Waals surface area contributed by atoms with Crippen LogP contribution < -0.4 is 51.3 Å². The van der Waals surface area contributed by atoms with Gasteiger partial charge >= 0.3 is 12.1 Å². The monoisotopic (exact) mass is 826 g/mol. The Labute approximate surface area is 349 Å². The molecule has 0 aliphatic carbocycles. The Kier molecular flexibility index (Phi) is 15.7. The van der Waals surface area contributed by atoms with Gasteiger partial charge in [0.05, 0.1) is 41.5 Å². The molecule has 1 amide bonds. The topological polar surface area (TPSA) is 227 Å². The molecule has 18 nitrogen and oxygen atoms in total. The van der Waals surface area contributed by atoms with Crippen molar-refractivity contribution in [3.05, 3.63) is 77.9 Å². The maximum atomic E-state index is 12.6. The van der Waals surface area contributed by atoms with Crippen molar-refractivity contribution >= 4 is 52.3 Å². The average Bonchev–Trinajstić information content (AvgIpc) is 3.25. The lowest BCUT2D eigenvalue weighted by Gasteiger charge is -2.20. The van der Waals surface area contributed by atoms with E-state index in [1.165, 1.54) is 0 Å². The molecule has 2 unspecified atom stereocenters. The van der Waals surface area contributed by atoms with E-state index in [4.69, 9.17) is 54.1 Å². The summed E-state index contributed by atoms with van der Waals surface area (Å²) in [6, 6.07) is 19.4. The number of nitrogens with one attached hydrogen (secondary N) is 5. The zero-order valence-corrected chi connectivity index (χ0v) is 35.1. The number of aromatic nitrogens is 4. The summed E-state index contributed by atoms with van der Waals surface area (Å²) < 4.78 is 33.1. The van der Waals surface area contributed by atoms with Gasteiger partial charge in [-0.1, -0.05) is 44.2 Å². The van der Waals surface area contributed by atoms with Gasteiger partial charge in [0.1, 0.15) is 29.3 Å². The maximum absolute atomic E-state index is 12.6. The standard InChI is InChI=1S/C42H54N10O8/c1-24(2)34(43)39(53)59-25(3)20-46-40-49-35-36(37(51-40)44-22-27-14-16-30(55-5)32(18-27)57-7)50-41(47-21-26(4)60-42(54)48-29-12-10-9-11-13-29)52-38(35)45-23-28-15-17-31(56-6)33(19-28)58-8/h9-19,24-26,34H,20-23,43H2,1-8H3,(H,48,54)(H2,44,46,49,51)(H2,45,47,50,52)/t25?,26?,34-/m0/s1. The quantitative estimate of drug-likeness (QED) is 0.0463. The van der Waals surface area contributed by atoms with Crippen LogP contribution in [0.3, 0.4) is 0 Å². The zero-order valence-electron chi connectivity index (χ0n) is 35.1. The van der Waals surface area contributed by atoms with E-state index < -0.39 is 30.3 Å². The van der Waals surface area contributed by atoms with Crippen LogP contribution in [0.4, 0.5) is 34.0 Å². The predicted molar refractivity (Wildman–Crippen MR) is 230 cm³/mol. The van der Waals surface area contributed by atoms with Crippen LogP contribution in [-0.2, 0) is 27.4 Å². The number of carbonyl (C=O) groups excluding carboxylic acids is 2. The SMILES string of the molecule is COc1ccc(CNc2nc(NCC(C)OC(=O)[C@@H](N)C(C)C)nc3c(NCc4ccc(OC)c(OC)c4)nc(NCC(C)OC(=O)Nc4ccccc4)nc23)cc1OC. The summed E-state index contributed by atoms with van der Waals surface area (Å²) in [6.07, 6.45) is -1.74. The van der Waals surface area contributed by atoms with Crippen molar-refractivity contribution in [1.29, 1.82) is 0 Å². The molecule has 0 saturated carbocycles. The maximum Gasteiger partial charge on any atom is 0.411 e. The highest BCUT2D eigenvalue weighted by atomic mass is 16.6. The van der Waals surface area contributed by atoms with E-state index in [2.05, 4.69) is 26.6 Å². The summed E-state index contributed by atoms with van der Waals surface area (Å²) in [5.41, 5.74) is 9.14. The molecule has 0 fully saturated rings. The highest BCUT2D eigenvalue weighted by Gasteiger charge is 2.22. The summed E-state index contributed by atoms with van der Waals surface area (Å²) in [4.78, 5) is 44.5. The van der Waals surface area contributed by atoms with Crippen molar-refractivity contribution in [2.24, 2.45) is 11.7 Å². The minimum absolute atomic E-state index is 0.0834. The molecule has 0 saturated heterocycles. The van der Waals surface area contributed by atoms with Gasteiger partial charge in [-0.15, -0.1) is 0 Å². The van der Waals surface area contributed by atoms with E-state index >= 15 is 0 Å². The number of esters is 1. The van der Waals surface area contributed by atoms with Crippen molar-refractivity contribution < 1.29 is 38.0 Å². The van der Waals surface area contributed by atoms with Gasteiger partial charge in [-0.25, -0.2) is 14.8 Å². The van der Waals surface area contributed by atoms with Crippen LogP contribution in [0.2, 0.25) is 0 Å². The molecule has 2 aromatic heterocycles. The summed E-state index contributed by atoms with van der Waals surface area (Å²) in [5.74, 6) is 2.91. The minimum atomic E-state index is -0.753. The molecule has 0 aliphatic heterocycles. The highest BCUT2D eigenvalue weighted by molar-refractivity contribution is 5.94. The number of nitrogens with zero attached hydrogens (tertiary/aromatic N) is 4. The van der Waals surface area contributed by atoms with Crippen LogP contribution in [0.15, 0.2) is 66.7 Å². The van der Waals surface area contributed by atoms with Crippen molar-refractivity contribution in [2.45, 2.75) is 59.0 Å². The Morgan fingerprint density at radius 2 is 1.07 bits per heavy atom. The number of anilines is 5. The fourth-order valence-corrected chi connectivity index (χ4v) is 5.73. The first-order valence-electron chi connectivity index (χ1n) is 19.4. The first-order chi connectivity index (χ1) is 28.9. The van der Waals surface area contributed by atoms with E-state index in [1.54, 1.807) is 54.4 Å². The van der Waals surface area contributed by atoms with Crippen LogP contribution in [0.5, 0.6) is 23.0 Å². The lowest BCUT2D eigenvalue weighted by molar-refractivity contribution is -0.150. The first kappa shape index (κ1) is 44.3. The fraction of sp³-hybridized carbons (Fsp3) is 0.381. The second-order valence-electron chi connectivity index (χ2n) is 14.1. The molecule has 3 atom stereocenters. The summed E-state index contributed by atoms with van der Waals surface area (Å²) in [6.45, 7) is 8.20. The Balaban J connectivity index is 1.49. The number of ether oxygens (including phenoxy) is 6. The first-order valence-corrected chi connectivity index (χ1v) is 19.4. The third kappa shape index (κ3) is 12.1. The van der Waals surface area contributed by atoms with Gasteiger partial charge in [0, 0.05) is 18.8 Å². The molecular weight excluding hydrogens is 773 g/mol. The Bertz CT molecular complexity index is 2210. The van der Waals surface area contributed by atoms with Crippen LogP contribution in [0.1, 0.15) is 38.8 Å². The third-order valence-electron chi connectivity index (χ3n) is 9.09. The van der Waals surface area contributed by atoms with E-state index in [-0.39, 0.29) is 30.9 Å². The molecule has 5 aromatic rings. The van der Waals surface area contributed by atoms with E-state index in [1.807, 2.05) is 68.4 Å². The molecule has 5 rings (SSSR count). The average molecular weight is 827 g/mol. The van der Waals surface area contributed by atoms with Crippen molar-refractivity contribution in [3.8, 4) is 23.0 Å². The lowest BCUT2D eigenvalue weighted by Crippen LogP contribution is -2.39. The zero-order chi connectivity index (χ0) is 43.2. The number of para-hydroxylation sites is 1. The fourth-order valence-electron chi connectivity index (χ4n) is 5.73. The van der Waals surface area contributed by atoms with Crippen LogP contribution >= 0.6 is 0 Å². The lowest BCUT2D eigenvalue weighted by atomic mass is 10.1. The van der Waals surface area contributed by atoms with Gasteiger partial charge in [0.25, 0.3) is 0 Å². The molecule has 7 N–H and O–H groups in total. The van der Waals surface area contributed by atoms with Crippen molar-refractivity contribution in [3.63, 3.8) is 0 Å². The van der Waals surface area contributed by atoms with Crippen molar-refractivity contribution in [1.82, 2.24) is 19.9 Å². The van der Waals surface area contributed by atoms with Gasteiger partial charge < -0.3 is 55.4 Å². The number of carbonyl (C=O) groups is 2. The van der Waals surface area contributed by atoms with Gasteiger partial charge in [0.15, 0.2) is 34.6 Å². The number of hydrogen-bond donors (Lipinski definition) is 6. The summed E-state index contributed by atoms with van der Waals surface area (Å²) >= 11 is 0. The van der Waals surface area contributed by atoms with Crippen LogP contribution in [0, 0.1) is 5.92 Å². The molecule has 0 radical (unpaired) electrons. The molecule has 0 aliphatic rings. The largest absolute Gasteiger partial charge is 0.493 e. The number of amides is 1. The minimum Gasteiger partial charge on any atom is -0.493 e. The van der Waals surface area contributed by atoms with E-state index in [9.17, 15) is 9.59 Å². The molecule has 60 heavy (non-hydrogen) atoms. The van der Waals surface area contributed by atoms with E-state index in [0.29, 0.717) is 64.4 Å². The number of benzene rings is 3. The van der Waals surface area contributed by atoms with Gasteiger partial charge in [-0.2, -0.15) is 9.97 Å². The molecule has 0 spiro atoms. The Morgan fingerprint density at radius 3 is 1.52 bits per heavy atom. The molecular formula is C42H54N10O8. The van der Waals surface area contributed by atoms with E-state index in [0.717, 1.165) is 11.1 Å². The molecule has 320 valence electrons. The van der Waals surface area contributed by atoms with Gasteiger partial charge in [0.2, 0.25) is 11.9 Å². The van der Waals surface area contributed by atoms with Gasteiger partial charge in [-0.3, -0.25) is 10.1 Å². The molecule has 18 heteroatoms. The van der Waals surface area contributed by atoms with Crippen LogP contribution in [-0.4, -0.2) is 91.8 Å². The molecule has 3 aromatic carbocycles. The summed E-state index contributed by atoms with van der Waals surface area (Å²) in [5, 5.41) is 15.9.